The maximum absolute atomic E-state index is 14.5. The molecule has 0 aliphatic rings. The minimum absolute atomic E-state index is 0.0674. The molecule has 2 rings (SSSR count). The van der Waals surface area contributed by atoms with Crippen LogP contribution in [0.15, 0.2) is 30.3 Å². The number of rotatable bonds is 10. The molecule has 4 N–H and O–H groups in total. The molecule has 0 aliphatic heterocycles. The molecule has 0 bridgehead atoms. The van der Waals surface area contributed by atoms with Crippen molar-refractivity contribution in [2.45, 2.75) is 12.6 Å². The van der Waals surface area contributed by atoms with Gasteiger partial charge in [-0.1, -0.05) is 12.1 Å². The number of nitrogens with zero attached hydrogens (tertiary/aromatic N) is 1. The topological polar surface area (TPSA) is 127 Å². The smallest absolute Gasteiger partial charge is 0.271 e. The highest BCUT2D eigenvalue weighted by Crippen LogP contribution is 2.31. The zero-order valence-electron chi connectivity index (χ0n) is 18.1. The Hall–Kier alpha value is -3.44. The van der Waals surface area contributed by atoms with E-state index in [2.05, 4.69) is 5.32 Å². The predicted octanol–water partition coefficient (Wildman–Crippen LogP) is 2.25. The number of benzene rings is 2. The van der Waals surface area contributed by atoms with Crippen LogP contribution < -0.4 is 20.5 Å². The molecule has 2 aromatic rings. The van der Waals surface area contributed by atoms with Crippen molar-refractivity contribution < 1.29 is 32.6 Å². The van der Waals surface area contributed by atoms with Gasteiger partial charge < -0.3 is 25.3 Å². The van der Waals surface area contributed by atoms with Gasteiger partial charge in [-0.05, 0) is 6.07 Å². The zero-order chi connectivity index (χ0) is 24.7. The Morgan fingerprint density at radius 3 is 2.36 bits per heavy atom. The van der Waals surface area contributed by atoms with Gasteiger partial charge in [0.25, 0.3) is 11.8 Å². The standard InChI is InChI=1S/C21H23ClF2N4O5/c1-27-17(29)10-33-16-6-11(20(25)26)4-5-12(16)9-28(22)21(30)19(32-3)18-14(23)7-13(31-2)8-15(18)24/h4-8,19H,9-10H2,1-3H3,(H3,25,26)(H,27,29). The number of nitrogen functional groups attached to an aromatic ring is 1. The number of ether oxygens (including phenoxy) is 3. The Kier molecular flexibility index (Phi) is 8.94. The summed E-state index contributed by atoms with van der Waals surface area (Å²) in [6.07, 6.45) is -1.68. The molecule has 0 heterocycles. The minimum atomic E-state index is -1.68. The van der Waals surface area contributed by atoms with Crippen LogP contribution in [-0.4, -0.2) is 49.9 Å². The number of nitrogens with one attached hydrogen (secondary N) is 2. The van der Waals surface area contributed by atoms with E-state index in [4.69, 9.17) is 37.1 Å². The highest BCUT2D eigenvalue weighted by atomic mass is 35.5. The third kappa shape index (κ3) is 6.30. The Balaban J connectivity index is 2.32. The van der Waals surface area contributed by atoms with E-state index in [0.717, 1.165) is 19.2 Å². The number of halogens is 3. The summed E-state index contributed by atoms with van der Waals surface area (Å²) in [5.74, 6) is -3.62. The second-order valence-electron chi connectivity index (χ2n) is 6.68. The van der Waals surface area contributed by atoms with Crippen LogP contribution in [0.25, 0.3) is 0 Å². The van der Waals surface area contributed by atoms with Crippen LogP contribution in [0, 0.1) is 17.0 Å². The molecule has 0 spiro atoms. The Bertz CT molecular complexity index is 1030. The fourth-order valence-corrected chi connectivity index (χ4v) is 3.05. The molecule has 9 nitrogen and oxygen atoms in total. The number of hydrogen-bond acceptors (Lipinski definition) is 6. The van der Waals surface area contributed by atoms with Crippen LogP contribution in [-0.2, 0) is 20.9 Å². The number of carbonyl (C=O) groups excluding carboxylic acids is 2. The number of amides is 2. The van der Waals surface area contributed by atoms with Crippen molar-refractivity contribution in [1.29, 1.82) is 5.41 Å². The lowest BCUT2D eigenvalue weighted by molar-refractivity contribution is -0.138. The third-order valence-corrected chi connectivity index (χ3v) is 4.86. The van der Waals surface area contributed by atoms with E-state index in [0.29, 0.717) is 15.5 Å². The lowest BCUT2D eigenvalue weighted by atomic mass is 10.1. The maximum Gasteiger partial charge on any atom is 0.271 e. The van der Waals surface area contributed by atoms with Crippen LogP contribution in [0.4, 0.5) is 8.78 Å². The van der Waals surface area contributed by atoms with Gasteiger partial charge >= 0.3 is 0 Å². The molecule has 0 saturated carbocycles. The van der Waals surface area contributed by atoms with Crippen molar-refractivity contribution in [2.75, 3.05) is 27.9 Å². The van der Waals surface area contributed by atoms with E-state index in [1.54, 1.807) is 0 Å². The van der Waals surface area contributed by atoms with Crippen LogP contribution in [0.1, 0.15) is 22.8 Å². The van der Waals surface area contributed by atoms with Crippen molar-refractivity contribution >= 4 is 29.4 Å². The molecular formula is C21H23ClF2N4O5. The van der Waals surface area contributed by atoms with Crippen molar-refractivity contribution in [3.8, 4) is 11.5 Å². The average Bonchev–Trinajstić information content (AvgIpc) is 2.79. The highest BCUT2D eigenvalue weighted by molar-refractivity contribution is 6.21. The van der Waals surface area contributed by atoms with Crippen LogP contribution in [0.5, 0.6) is 11.5 Å². The molecule has 0 radical (unpaired) electrons. The van der Waals surface area contributed by atoms with Gasteiger partial charge in [0.2, 0.25) is 0 Å². The monoisotopic (exact) mass is 484 g/mol. The maximum atomic E-state index is 14.5. The molecule has 33 heavy (non-hydrogen) atoms. The molecule has 2 amide bonds. The van der Waals surface area contributed by atoms with Crippen molar-refractivity contribution in [1.82, 2.24) is 9.74 Å². The van der Waals surface area contributed by atoms with E-state index in [-0.39, 0.29) is 30.5 Å². The first-order chi connectivity index (χ1) is 15.6. The summed E-state index contributed by atoms with van der Waals surface area (Å²) in [5.41, 5.74) is 5.53. The van der Waals surface area contributed by atoms with Crippen LogP contribution >= 0.6 is 11.8 Å². The number of amidine groups is 1. The summed E-state index contributed by atoms with van der Waals surface area (Å²) in [7, 11) is 3.78. The van der Waals surface area contributed by atoms with Gasteiger partial charge in [-0.2, -0.15) is 0 Å². The molecule has 0 aromatic heterocycles. The predicted molar refractivity (Wildman–Crippen MR) is 116 cm³/mol. The molecule has 1 atom stereocenters. The van der Waals surface area contributed by atoms with Crippen LogP contribution in [0.3, 0.4) is 0 Å². The van der Waals surface area contributed by atoms with Gasteiger partial charge in [-0.3, -0.25) is 15.0 Å². The molecule has 0 aliphatic carbocycles. The van der Waals surface area contributed by atoms with E-state index in [1.165, 1.54) is 32.4 Å². The van der Waals surface area contributed by atoms with Gasteiger partial charge in [0, 0.05) is 49.2 Å². The number of carbonyl (C=O) groups is 2. The molecule has 1 unspecified atom stereocenters. The van der Waals surface area contributed by atoms with Gasteiger partial charge in [-0.15, -0.1) is 0 Å². The normalized spacial score (nSPS) is 11.5. The summed E-state index contributed by atoms with van der Waals surface area (Å²) in [4.78, 5) is 24.4. The Labute approximate surface area is 194 Å². The molecular weight excluding hydrogens is 462 g/mol. The summed E-state index contributed by atoms with van der Waals surface area (Å²) in [5, 5.41) is 9.96. The first-order valence-electron chi connectivity index (χ1n) is 9.46. The van der Waals surface area contributed by atoms with Crippen LogP contribution in [0.2, 0.25) is 0 Å². The number of hydrogen-bond donors (Lipinski definition) is 3. The summed E-state index contributed by atoms with van der Waals surface area (Å²) < 4.78 is 44.9. The number of nitrogens with two attached hydrogens (primary N) is 1. The fourth-order valence-electron chi connectivity index (χ4n) is 2.83. The second-order valence-corrected chi connectivity index (χ2v) is 7.09. The SMILES string of the molecule is CNC(=O)COc1cc(C(=N)N)ccc1CN(Cl)C(=O)C(OC)c1c(F)cc(OC)cc1F. The van der Waals surface area contributed by atoms with E-state index in [1.807, 2.05) is 0 Å². The van der Waals surface area contributed by atoms with E-state index < -0.39 is 35.1 Å². The lowest BCUT2D eigenvalue weighted by Gasteiger charge is -2.23. The van der Waals surface area contributed by atoms with E-state index >= 15 is 0 Å². The van der Waals surface area contributed by atoms with Crippen molar-refractivity contribution in [3.05, 3.63) is 58.7 Å². The minimum Gasteiger partial charge on any atom is -0.497 e. The van der Waals surface area contributed by atoms with Crippen molar-refractivity contribution in [3.63, 3.8) is 0 Å². The van der Waals surface area contributed by atoms with E-state index in [9.17, 15) is 18.4 Å². The summed E-state index contributed by atoms with van der Waals surface area (Å²) >= 11 is 6.15. The quantitative estimate of drug-likeness (QED) is 0.270. The largest absolute Gasteiger partial charge is 0.497 e. The van der Waals surface area contributed by atoms with Gasteiger partial charge in [0.05, 0.1) is 19.2 Å². The molecule has 12 heteroatoms. The van der Waals surface area contributed by atoms with Gasteiger partial charge in [0.1, 0.15) is 29.0 Å². The third-order valence-electron chi connectivity index (χ3n) is 4.57. The molecule has 2 aromatic carbocycles. The highest BCUT2D eigenvalue weighted by Gasteiger charge is 2.31. The zero-order valence-corrected chi connectivity index (χ0v) is 18.8. The van der Waals surface area contributed by atoms with Gasteiger partial charge in [0.15, 0.2) is 12.7 Å². The first-order valence-corrected chi connectivity index (χ1v) is 9.80. The summed E-state index contributed by atoms with van der Waals surface area (Å²) in [6.45, 7) is -0.620. The molecule has 0 saturated heterocycles. The molecule has 178 valence electrons. The average molecular weight is 485 g/mol. The lowest BCUT2D eigenvalue weighted by Crippen LogP contribution is -2.30. The summed E-state index contributed by atoms with van der Waals surface area (Å²) in [6, 6.07) is 6.24. The van der Waals surface area contributed by atoms with Gasteiger partial charge in [-0.25, -0.2) is 13.2 Å². The number of likely N-dealkylation sites (N-methyl/N-ethyl adjacent to an activating group) is 1. The molecule has 0 fully saturated rings. The first kappa shape index (κ1) is 25.8. The Morgan fingerprint density at radius 2 is 1.85 bits per heavy atom. The fraction of sp³-hybridized carbons (Fsp3) is 0.286. The number of methoxy groups -OCH3 is 2. The second kappa shape index (κ2) is 11.4. The Morgan fingerprint density at radius 1 is 1.21 bits per heavy atom. The van der Waals surface area contributed by atoms with Crippen molar-refractivity contribution in [2.24, 2.45) is 5.73 Å².